The molecule has 0 fully saturated rings. The quantitative estimate of drug-likeness (QED) is 0.627. The zero-order chi connectivity index (χ0) is 18.8. The van der Waals surface area contributed by atoms with Crippen molar-refractivity contribution < 1.29 is 9.53 Å². The van der Waals surface area contributed by atoms with Crippen LogP contribution < -0.4 is 5.56 Å². The van der Waals surface area contributed by atoms with Crippen LogP contribution in [0.2, 0.25) is 10.0 Å². The van der Waals surface area contributed by atoms with Crippen LogP contribution in [0.25, 0.3) is 5.65 Å². The Morgan fingerprint density at radius 3 is 2.62 bits per heavy atom. The molecular formula is C19H16Cl2N2O3. The van der Waals surface area contributed by atoms with Crippen molar-refractivity contribution in [3.63, 3.8) is 0 Å². The summed E-state index contributed by atoms with van der Waals surface area (Å²) in [5, 5.41) is 0.804. The monoisotopic (exact) mass is 390 g/mol. The Labute approximate surface area is 160 Å². The SMILES string of the molecule is Cc1ccc2nc(COC(=O)C(C)c3c(Cl)cccc3Cl)cc(=O)n2c1. The van der Waals surface area contributed by atoms with Crippen molar-refractivity contribution >= 4 is 34.8 Å². The van der Waals surface area contributed by atoms with E-state index in [1.807, 2.05) is 13.0 Å². The Bertz CT molecular complexity index is 1030. The maximum absolute atomic E-state index is 12.4. The van der Waals surface area contributed by atoms with E-state index in [1.54, 1.807) is 37.4 Å². The Kier molecular flexibility index (Phi) is 5.30. The Hall–Kier alpha value is -2.37. The fourth-order valence-electron chi connectivity index (χ4n) is 2.64. The summed E-state index contributed by atoms with van der Waals surface area (Å²) in [6.45, 7) is 3.45. The summed E-state index contributed by atoms with van der Waals surface area (Å²) in [4.78, 5) is 28.9. The Balaban J connectivity index is 1.78. The van der Waals surface area contributed by atoms with Gasteiger partial charge < -0.3 is 4.74 Å². The number of rotatable bonds is 4. The van der Waals surface area contributed by atoms with E-state index < -0.39 is 11.9 Å². The van der Waals surface area contributed by atoms with E-state index in [9.17, 15) is 9.59 Å². The number of halogens is 2. The van der Waals surface area contributed by atoms with Gasteiger partial charge in [0.2, 0.25) is 0 Å². The van der Waals surface area contributed by atoms with Crippen molar-refractivity contribution in [3.05, 3.63) is 79.8 Å². The molecular weight excluding hydrogens is 375 g/mol. The smallest absolute Gasteiger partial charge is 0.313 e. The molecule has 0 saturated heterocycles. The molecule has 3 rings (SSSR count). The first-order valence-corrected chi connectivity index (χ1v) is 8.72. The fraction of sp³-hybridized carbons (Fsp3) is 0.211. The first-order chi connectivity index (χ1) is 12.4. The average Bonchev–Trinajstić information content (AvgIpc) is 2.60. The third kappa shape index (κ3) is 3.74. The predicted molar refractivity (Wildman–Crippen MR) is 101 cm³/mol. The third-order valence-electron chi connectivity index (χ3n) is 4.01. The first kappa shape index (κ1) is 18.4. The maximum Gasteiger partial charge on any atom is 0.313 e. The maximum atomic E-state index is 12.4. The summed E-state index contributed by atoms with van der Waals surface area (Å²) in [5.74, 6) is -1.13. The van der Waals surface area contributed by atoms with Crippen LogP contribution in [0, 0.1) is 6.92 Å². The minimum absolute atomic E-state index is 0.106. The number of pyridine rings is 1. The first-order valence-electron chi connectivity index (χ1n) is 7.96. The van der Waals surface area contributed by atoms with Crippen molar-refractivity contribution in [2.45, 2.75) is 26.4 Å². The lowest BCUT2D eigenvalue weighted by molar-refractivity contribution is -0.146. The molecule has 7 heteroatoms. The molecule has 0 amide bonds. The molecule has 0 radical (unpaired) electrons. The van der Waals surface area contributed by atoms with Crippen molar-refractivity contribution in [2.75, 3.05) is 0 Å². The van der Waals surface area contributed by atoms with E-state index in [2.05, 4.69) is 4.98 Å². The summed E-state index contributed by atoms with van der Waals surface area (Å²) < 4.78 is 6.77. The number of aryl methyl sites for hydroxylation is 1. The number of carbonyl (C=O) groups is 1. The molecule has 0 bridgehead atoms. The number of carbonyl (C=O) groups excluding carboxylic acids is 1. The standard InChI is InChI=1S/C19H16Cl2N2O3/c1-11-6-7-16-22-13(8-17(24)23(16)9-11)10-26-19(25)12(2)18-14(20)4-3-5-15(18)21/h3-9,12H,10H2,1-2H3. The average molecular weight is 391 g/mol. The van der Waals surface area contributed by atoms with Gasteiger partial charge in [0.25, 0.3) is 5.56 Å². The molecule has 26 heavy (non-hydrogen) atoms. The molecule has 0 aliphatic carbocycles. The number of aromatic nitrogens is 2. The van der Waals surface area contributed by atoms with E-state index in [0.717, 1.165) is 5.56 Å². The zero-order valence-corrected chi connectivity index (χ0v) is 15.7. The Morgan fingerprint density at radius 2 is 1.92 bits per heavy atom. The molecule has 1 atom stereocenters. The molecule has 5 nitrogen and oxygen atoms in total. The predicted octanol–water partition coefficient (Wildman–Crippen LogP) is 4.16. The van der Waals surface area contributed by atoms with Gasteiger partial charge in [0.05, 0.1) is 11.6 Å². The lowest BCUT2D eigenvalue weighted by Gasteiger charge is -2.14. The van der Waals surface area contributed by atoms with E-state index in [-0.39, 0.29) is 12.2 Å². The summed E-state index contributed by atoms with van der Waals surface area (Å²) in [6.07, 6.45) is 1.71. The number of ether oxygens (including phenoxy) is 1. The van der Waals surface area contributed by atoms with Crippen LogP contribution in [-0.2, 0) is 16.1 Å². The van der Waals surface area contributed by atoms with Crippen molar-refractivity contribution in [3.8, 4) is 0 Å². The van der Waals surface area contributed by atoms with Gasteiger partial charge in [-0.15, -0.1) is 0 Å². The molecule has 1 aromatic carbocycles. The second kappa shape index (κ2) is 7.48. The summed E-state index contributed by atoms with van der Waals surface area (Å²) in [6, 6.07) is 10.0. The largest absolute Gasteiger partial charge is 0.459 e. The van der Waals surface area contributed by atoms with Gasteiger partial charge in [-0.05, 0) is 37.6 Å². The molecule has 3 aromatic rings. The minimum atomic E-state index is -0.639. The van der Waals surface area contributed by atoms with Crippen LogP contribution in [0.15, 0.2) is 47.4 Å². The topological polar surface area (TPSA) is 60.7 Å². The van der Waals surface area contributed by atoms with E-state index in [4.69, 9.17) is 27.9 Å². The van der Waals surface area contributed by atoms with Gasteiger partial charge in [-0.3, -0.25) is 14.0 Å². The van der Waals surface area contributed by atoms with E-state index in [1.165, 1.54) is 10.5 Å². The number of nitrogens with zero attached hydrogens (tertiary/aromatic N) is 2. The number of benzene rings is 1. The van der Waals surface area contributed by atoms with Crippen LogP contribution in [-0.4, -0.2) is 15.4 Å². The number of esters is 1. The molecule has 2 heterocycles. The third-order valence-corrected chi connectivity index (χ3v) is 4.67. The van der Waals surface area contributed by atoms with Gasteiger partial charge in [0.1, 0.15) is 12.3 Å². The van der Waals surface area contributed by atoms with Crippen LogP contribution in [0.3, 0.4) is 0 Å². The second-order valence-electron chi connectivity index (χ2n) is 5.99. The number of hydrogen-bond donors (Lipinski definition) is 0. The highest BCUT2D eigenvalue weighted by Crippen LogP contribution is 2.32. The molecule has 0 spiro atoms. The minimum Gasteiger partial charge on any atom is -0.459 e. The van der Waals surface area contributed by atoms with Crippen LogP contribution in [0.4, 0.5) is 0 Å². The zero-order valence-electron chi connectivity index (χ0n) is 14.2. The number of fused-ring (bicyclic) bond motifs is 1. The molecule has 134 valence electrons. The van der Waals surface area contributed by atoms with Gasteiger partial charge in [0.15, 0.2) is 0 Å². The highest BCUT2D eigenvalue weighted by atomic mass is 35.5. The van der Waals surface area contributed by atoms with Crippen LogP contribution >= 0.6 is 23.2 Å². The van der Waals surface area contributed by atoms with Gasteiger partial charge in [-0.1, -0.05) is 35.3 Å². The highest BCUT2D eigenvalue weighted by molar-refractivity contribution is 6.36. The molecule has 1 unspecified atom stereocenters. The van der Waals surface area contributed by atoms with Crippen molar-refractivity contribution in [1.29, 1.82) is 0 Å². The van der Waals surface area contributed by atoms with Gasteiger partial charge >= 0.3 is 5.97 Å². The summed E-state index contributed by atoms with van der Waals surface area (Å²) in [5.41, 5.74) is 2.11. The van der Waals surface area contributed by atoms with Crippen LogP contribution in [0.1, 0.15) is 29.7 Å². The van der Waals surface area contributed by atoms with E-state index >= 15 is 0 Å². The highest BCUT2D eigenvalue weighted by Gasteiger charge is 2.22. The van der Waals surface area contributed by atoms with Crippen LogP contribution in [0.5, 0.6) is 0 Å². The van der Waals surface area contributed by atoms with Crippen molar-refractivity contribution in [2.24, 2.45) is 0 Å². The summed E-state index contributed by atoms with van der Waals surface area (Å²) in [7, 11) is 0. The molecule has 0 N–H and O–H groups in total. The Morgan fingerprint density at radius 1 is 1.23 bits per heavy atom. The molecule has 0 aliphatic heterocycles. The lowest BCUT2D eigenvalue weighted by Crippen LogP contribution is -2.18. The van der Waals surface area contributed by atoms with Gasteiger partial charge in [-0.25, -0.2) is 4.98 Å². The molecule has 2 aromatic heterocycles. The lowest BCUT2D eigenvalue weighted by atomic mass is 10.0. The molecule has 0 aliphatic rings. The van der Waals surface area contributed by atoms with Gasteiger partial charge in [0, 0.05) is 27.9 Å². The number of hydrogen-bond acceptors (Lipinski definition) is 4. The summed E-state index contributed by atoms with van der Waals surface area (Å²) >= 11 is 12.3. The van der Waals surface area contributed by atoms with E-state index in [0.29, 0.717) is 26.9 Å². The van der Waals surface area contributed by atoms with Crippen molar-refractivity contribution in [1.82, 2.24) is 9.38 Å². The molecule has 0 saturated carbocycles. The normalized spacial score (nSPS) is 12.2. The fourth-order valence-corrected chi connectivity index (χ4v) is 3.37. The van der Waals surface area contributed by atoms with Gasteiger partial charge in [-0.2, -0.15) is 0 Å². The second-order valence-corrected chi connectivity index (χ2v) is 6.80.